The van der Waals surface area contributed by atoms with Gasteiger partial charge in [-0.3, -0.25) is 4.90 Å². The van der Waals surface area contributed by atoms with Crippen LogP contribution in [0.2, 0.25) is 0 Å². The Labute approximate surface area is 210 Å². The number of nitrogens with one attached hydrogen (secondary N) is 1. The summed E-state index contributed by atoms with van der Waals surface area (Å²) in [6.45, 7) is 12.7. The molecule has 0 aromatic heterocycles. The highest BCUT2D eigenvalue weighted by Gasteiger charge is 2.32. The first kappa shape index (κ1) is 25.7. The van der Waals surface area contributed by atoms with Gasteiger partial charge in [0.15, 0.2) is 5.96 Å². The number of likely N-dealkylation sites (N-methyl/N-ethyl adjacent to an activating group) is 1. The number of nitrogens with zero attached hydrogens (tertiary/aromatic N) is 4. The highest BCUT2D eigenvalue weighted by molar-refractivity contribution is 14.0. The van der Waals surface area contributed by atoms with Crippen LogP contribution in [0.1, 0.15) is 30.9 Å². The van der Waals surface area contributed by atoms with Gasteiger partial charge in [-0.25, -0.2) is 4.99 Å². The summed E-state index contributed by atoms with van der Waals surface area (Å²) in [5, 5.41) is 3.47. The first-order valence-electron chi connectivity index (χ1n) is 12.0. The maximum absolute atomic E-state index is 6.01. The van der Waals surface area contributed by atoms with Crippen LogP contribution in [0.4, 0.5) is 0 Å². The largest absolute Gasteiger partial charge is 0.375 e. The molecule has 7 nitrogen and oxygen atoms in total. The van der Waals surface area contributed by atoms with Crippen LogP contribution in [0.15, 0.2) is 29.3 Å². The number of guanidine groups is 1. The minimum absolute atomic E-state index is 0. The van der Waals surface area contributed by atoms with Gasteiger partial charge in [0.1, 0.15) is 6.10 Å². The molecule has 32 heavy (non-hydrogen) atoms. The van der Waals surface area contributed by atoms with Crippen LogP contribution >= 0.6 is 24.0 Å². The van der Waals surface area contributed by atoms with Crippen molar-refractivity contribution in [3.05, 3.63) is 35.4 Å². The Hall–Kier alpha value is -0.940. The molecule has 0 amide bonds. The van der Waals surface area contributed by atoms with Crippen molar-refractivity contribution in [1.29, 1.82) is 0 Å². The Balaban J connectivity index is 0.00000289. The zero-order valence-electron chi connectivity index (χ0n) is 19.7. The lowest BCUT2D eigenvalue weighted by Crippen LogP contribution is -2.53. The van der Waals surface area contributed by atoms with Gasteiger partial charge < -0.3 is 24.6 Å². The second kappa shape index (κ2) is 13.1. The van der Waals surface area contributed by atoms with Crippen molar-refractivity contribution in [2.45, 2.75) is 45.1 Å². The van der Waals surface area contributed by atoms with Gasteiger partial charge in [-0.2, -0.15) is 0 Å². The molecule has 180 valence electrons. The molecule has 3 saturated heterocycles. The summed E-state index contributed by atoms with van der Waals surface area (Å²) >= 11 is 0. The lowest BCUT2D eigenvalue weighted by Gasteiger charge is -2.37. The molecule has 3 fully saturated rings. The van der Waals surface area contributed by atoms with E-state index in [0.717, 1.165) is 84.4 Å². The Morgan fingerprint density at radius 2 is 1.72 bits per heavy atom. The predicted octanol–water partition coefficient (Wildman–Crippen LogP) is 2.40. The zero-order valence-corrected chi connectivity index (χ0v) is 22.0. The minimum atomic E-state index is 0. The fraction of sp³-hybridized carbons (Fsp3) is 0.708. The fourth-order valence-electron chi connectivity index (χ4n) is 4.59. The monoisotopic (exact) mass is 557 g/mol. The molecule has 3 heterocycles. The highest BCUT2D eigenvalue weighted by atomic mass is 127. The first-order chi connectivity index (χ1) is 15.2. The number of hydrogen-bond acceptors (Lipinski definition) is 5. The van der Waals surface area contributed by atoms with Gasteiger partial charge in [0, 0.05) is 59.0 Å². The lowest BCUT2D eigenvalue weighted by molar-refractivity contribution is -0.0817. The molecule has 1 N–H and O–H groups in total. The highest BCUT2D eigenvalue weighted by Crippen LogP contribution is 2.21. The van der Waals surface area contributed by atoms with E-state index in [0.29, 0.717) is 6.54 Å². The van der Waals surface area contributed by atoms with Crippen molar-refractivity contribution in [2.75, 3.05) is 66.1 Å². The lowest BCUT2D eigenvalue weighted by atomic mass is 10.1. The molecular weight excluding hydrogens is 517 g/mol. The SMILES string of the molecule is CCNC(=NCc1ccc(CN2CCN(C)CC2)cc1)N1CCOC(C2CCCO2)C1.I. The third kappa shape index (κ3) is 7.28. The van der Waals surface area contributed by atoms with Gasteiger partial charge in [0.25, 0.3) is 0 Å². The standard InChI is InChI=1S/C24H39N5O2.HI/c1-3-25-24(29-14-16-31-23(19-29)22-5-4-15-30-22)26-17-20-6-8-21(9-7-20)18-28-12-10-27(2)11-13-28;/h6-9,22-23H,3-5,10-19H2,1-2H3,(H,25,26);1H. The van der Waals surface area contributed by atoms with Crippen LogP contribution in [0, 0.1) is 0 Å². The molecule has 0 radical (unpaired) electrons. The van der Waals surface area contributed by atoms with Crippen LogP contribution in [-0.4, -0.2) is 98.9 Å². The van der Waals surface area contributed by atoms with E-state index >= 15 is 0 Å². The molecule has 4 rings (SSSR count). The van der Waals surface area contributed by atoms with Crippen molar-refractivity contribution >= 4 is 29.9 Å². The molecule has 0 spiro atoms. The number of aliphatic imine (C=N–C) groups is 1. The smallest absolute Gasteiger partial charge is 0.194 e. The summed E-state index contributed by atoms with van der Waals surface area (Å²) in [4.78, 5) is 12.2. The third-order valence-corrected chi connectivity index (χ3v) is 6.54. The average molecular weight is 558 g/mol. The molecular formula is C24H40IN5O2. The minimum Gasteiger partial charge on any atom is -0.375 e. The summed E-state index contributed by atoms with van der Waals surface area (Å²) in [6.07, 6.45) is 2.63. The van der Waals surface area contributed by atoms with Crippen LogP contribution < -0.4 is 5.32 Å². The fourth-order valence-corrected chi connectivity index (χ4v) is 4.59. The number of piperazine rings is 1. The molecule has 1 aromatic carbocycles. The number of ether oxygens (including phenoxy) is 2. The van der Waals surface area contributed by atoms with E-state index in [-0.39, 0.29) is 36.2 Å². The zero-order chi connectivity index (χ0) is 21.5. The van der Waals surface area contributed by atoms with E-state index in [2.05, 4.69) is 58.3 Å². The predicted molar refractivity (Wildman–Crippen MR) is 140 cm³/mol. The van der Waals surface area contributed by atoms with E-state index < -0.39 is 0 Å². The molecule has 1 aromatic rings. The van der Waals surface area contributed by atoms with Crippen LogP contribution in [0.3, 0.4) is 0 Å². The van der Waals surface area contributed by atoms with Crippen LogP contribution in [0.25, 0.3) is 0 Å². The van der Waals surface area contributed by atoms with Crippen molar-refractivity contribution < 1.29 is 9.47 Å². The van der Waals surface area contributed by atoms with E-state index in [1.165, 1.54) is 11.1 Å². The van der Waals surface area contributed by atoms with E-state index in [1.54, 1.807) is 0 Å². The van der Waals surface area contributed by atoms with Gasteiger partial charge in [-0.05, 0) is 37.9 Å². The van der Waals surface area contributed by atoms with Crippen molar-refractivity contribution in [2.24, 2.45) is 4.99 Å². The molecule has 8 heteroatoms. The number of morpholine rings is 1. The molecule has 0 aliphatic carbocycles. The van der Waals surface area contributed by atoms with Gasteiger partial charge in [0.2, 0.25) is 0 Å². The molecule has 3 aliphatic heterocycles. The van der Waals surface area contributed by atoms with Gasteiger partial charge in [-0.15, -0.1) is 24.0 Å². The maximum Gasteiger partial charge on any atom is 0.194 e. The van der Waals surface area contributed by atoms with E-state index in [1.807, 2.05) is 0 Å². The summed E-state index contributed by atoms with van der Waals surface area (Å²) in [5.41, 5.74) is 2.64. The van der Waals surface area contributed by atoms with Crippen molar-refractivity contribution in [3.8, 4) is 0 Å². The molecule has 3 aliphatic rings. The molecule has 2 unspecified atom stereocenters. The van der Waals surface area contributed by atoms with Gasteiger partial charge >= 0.3 is 0 Å². The van der Waals surface area contributed by atoms with Gasteiger partial charge in [0.05, 0.1) is 19.3 Å². The van der Waals surface area contributed by atoms with E-state index in [9.17, 15) is 0 Å². The second-order valence-electron chi connectivity index (χ2n) is 8.97. The number of hydrogen-bond donors (Lipinski definition) is 1. The summed E-state index contributed by atoms with van der Waals surface area (Å²) < 4.78 is 11.9. The topological polar surface area (TPSA) is 52.6 Å². The number of rotatable bonds is 6. The summed E-state index contributed by atoms with van der Waals surface area (Å²) in [7, 11) is 2.20. The first-order valence-corrected chi connectivity index (χ1v) is 12.0. The quantitative estimate of drug-likeness (QED) is 0.330. The normalized spacial score (nSPS) is 25.6. The van der Waals surface area contributed by atoms with Crippen molar-refractivity contribution in [1.82, 2.24) is 20.0 Å². The molecule has 0 bridgehead atoms. The third-order valence-electron chi connectivity index (χ3n) is 6.54. The van der Waals surface area contributed by atoms with Crippen molar-refractivity contribution in [3.63, 3.8) is 0 Å². The Morgan fingerprint density at radius 3 is 2.41 bits per heavy atom. The van der Waals surface area contributed by atoms with Crippen LogP contribution in [-0.2, 0) is 22.6 Å². The summed E-state index contributed by atoms with van der Waals surface area (Å²) in [5.74, 6) is 0.982. The average Bonchev–Trinajstić information content (AvgIpc) is 3.34. The Morgan fingerprint density at radius 1 is 1.00 bits per heavy atom. The molecule has 0 saturated carbocycles. The number of benzene rings is 1. The summed E-state index contributed by atoms with van der Waals surface area (Å²) in [6, 6.07) is 8.98. The van der Waals surface area contributed by atoms with Crippen LogP contribution in [0.5, 0.6) is 0 Å². The van der Waals surface area contributed by atoms with Gasteiger partial charge in [-0.1, -0.05) is 24.3 Å². The second-order valence-corrected chi connectivity index (χ2v) is 8.97. The number of halogens is 1. The molecule has 2 atom stereocenters. The van der Waals surface area contributed by atoms with E-state index in [4.69, 9.17) is 14.5 Å². The maximum atomic E-state index is 6.01. The Kier molecular flexibility index (Phi) is 10.5. The Bertz CT molecular complexity index is 703.